The van der Waals surface area contributed by atoms with E-state index in [4.69, 9.17) is 5.11 Å². The summed E-state index contributed by atoms with van der Waals surface area (Å²) in [5.74, 6) is -1.31. The van der Waals surface area contributed by atoms with Gasteiger partial charge in [-0.3, -0.25) is 9.59 Å². The lowest BCUT2D eigenvalue weighted by Crippen LogP contribution is -2.40. The number of carbonyl (C=O) groups is 2. The van der Waals surface area contributed by atoms with Crippen LogP contribution in [0.2, 0.25) is 0 Å². The lowest BCUT2D eigenvalue weighted by molar-refractivity contribution is -0.155. The first-order valence-electron chi connectivity index (χ1n) is 3.88. The fourth-order valence-corrected chi connectivity index (χ4v) is 1.03. The summed E-state index contributed by atoms with van der Waals surface area (Å²) in [6.07, 6.45) is 0. The maximum absolute atomic E-state index is 11.5. The normalized spacial score (nSPS) is 12.8. The lowest BCUT2D eigenvalue weighted by Gasteiger charge is -2.26. The minimum Gasteiger partial charge on any atom is -0.481 e. The first-order chi connectivity index (χ1) is 5.10. The predicted octanol–water partition coefficient (Wildman–Crippen LogP) is 1.71. The molecule has 0 bridgehead atoms. The van der Waals surface area contributed by atoms with E-state index in [1.165, 1.54) is 13.8 Å². The number of carbonyl (C=O) groups excluding carboxylic acids is 1. The van der Waals surface area contributed by atoms with Crippen LogP contribution in [0.4, 0.5) is 0 Å². The summed E-state index contributed by atoms with van der Waals surface area (Å²) in [6.45, 7) is 8.03. The van der Waals surface area contributed by atoms with Gasteiger partial charge in [-0.2, -0.15) is 0 Å². The van der Waals surface area contributed by atoms with E-state index in [1.807, 2.05) is 0 Å². The number of ketones is 1. The Bertz CT molecular complexity index is 208. The van der Waals surface area contributed by atoms with E-state index in [0.29, 0.717) is 0 Å². The van der Waals surface area contributed by atoms with Crippen LogP contribution in [0.15, 0.2) is 0 Å². The average molecular weight is 172 g/mol. The van der Waals surface area contributed by atoms with Gasteiger partial charge in [0, 0.05) is 5.41 Å². The molecule has 0 atom stereocenters. The van der Waals surface area contributed by atoms with Crippen molar-refractivity contribution in [3.8, 4) is 0 Å². The zero-order valence-corrected chi connectivity index (χ0v) is 8.26. The van der Waals surface area contributed by atoms with Crippen molar-refractivity contribution < 1.29 is 14.7 Å². The second-order valence-corrected chi connectivity index (χ2v) is 4.51. The molecule has 0 saturated carbocycles. The monoisotopic (exact) mass is 172 g/mol. The summed E-state index contributed by atoms with van der Waals surface area (Å²) in [5, 5.41) is 8.75. The van der Waals surface area contributed by atoms with Crippen molar-refractivity contribution in [1.29, 1.82) is 0 Å². The van der Waals surface area contributed by atoms with Gasteiger partial charge in [0.1, 0.15) is 5.41 Å². The molecule has 0 aromatic heterocycles. The standard InChI is InChI=1S/C9H16O3/c1-8(2,3)6(10)9(4,5)7(11)12/h1-5H3,(H,11,12). The Hall–Kier alpha value is -0.860. The molecule has 0 radical (unpaired) electrons. The van der Waals surface area contributed by atoms with E-state index in [1.54, 1.807) is 20.8 Å². The van der Waals surface area contributed by atoms with E-state index < -0.39 is 16.8 Å². The molecule has 0 spiro atoms. The summed E-state index contributed by atoms with van der Waals surface area (Å²) >= 11 is 0. The van der Waals surface area contributed by atoms with Crippen molar-refractivity contribution in [3.63, 3.8) is 0 Å². The van der Waals surface area contributed by atoms with Crippen LogP contribution in [0.25, 0.3) is 0 Å². The Kier molecular flexibility index (Phi) is 2.68. The number of carboxylic acids is 1. The molecule has 3 heteroatoms. The number of aliphatic carboxylic acids is 1. The quantitative estimate of drug-likeness (QED) is 0.645. The first kappa shape index (κ1) is 11.1. The maximum atomic E-state index is 11.5. The molecular formula is C9H16O3. The lowest BCUT2D eigenvalue weighted by atomic mass is 9.75. The highest BCUT2D eigenvalue weighted by molar-refractivity contribution is 6.04. The summed E-state index contributed by atoms with van der Waals surface area (Å²) in [5.41, 5.74) is -1.87. The molecular weight excluding hydrogens is 156 g/mol. The molecule has 12 heavy (non-hydrogen) atoms. The fourth-order valence-electron chi connectivity index (χ4n) is 1.03. The minimum atomic E-state index is -1.28. The third-order valence-corrected chi connectivity index (χ3v) is 1.78. The van der Waals surface area contributed by atoms with Crippen molar-refractivity contribution in [1.82, 2.24) is 0 Å². The number of carboxylic acid groups (broad SMARTS) is 1. The van der Waals surface area contributed by atoms with E-state index in [9.17, 15) is 9.59 Å². The molecule has 3 nitrogen and oxygen atoms in total. The highest BCUT2D eigenvalue weighted by Gasteiger charge is 2.41. The third-order valence-electron chi connectivity index (χ3n) is 1.78. The Balaban J connectivity index is 4.83. The smallest absolute Gasteiger partial charge is 0.316 e. The number of Topliss-reactive ketones (excluding diaryl/α,β-unsaturated/α-hetero) is 1. The van der Waals surface area contributed by atoms with E-state index >= 15 is 0 Å². The van der Waals surface area contributed by atoms with Crippen LogP contribution in [0, 0.1) is 10.8 Å². The van der Waals surface area contributed by atoms with Crippen molar-refractivity contribution >= 4 is 11.8 Å². The predicted molar refractivity (Wildman–Crippen MR) is 45.9 cm³/mol. The molecule has 0 aliphatic heterocycles. The summed E-state index contributed by atoms with van der Waals surface area (Å²) in [7, 11) is 0. The highest BCUT2D eigenvalue weighted by atomic mass is 16.4. The van der Waals surface area contributed by atoms with E-state index in [2.05, 4.69) is 0 Å². The first-order valence-corrected chi connectivity index (χ1v) is 3.88. The van der Waals surface area contributed by atoms with Crippen LogP contribution < -0.4 is 0 Å². The molecule has 0 heterocycles. The molecule has 0 amide bonds. The number of rotatable bonds is 2. The van der Waals surface area contributed by atoms with Gasteiger partial charge in [-0.25, -0.2) is 0 Å². The van der Waals surface area contributed by atoms with Crippen LogP contribution >= 0.6 is 0 Å². The Morgan fingerprint density at radius 1 is 1.00 bits per heavy atom. The SMILES string of the molecule is CC(C)(C)C(=O)C(C)(C)C(=O)O. The Morgan fingerprint density at radius 3 is 1.42 bits per heavy atom. The fraction of sp³-hybridized carbons (Fsp3) is 0.778. The second-order valence-electron chi connectivity index (χ2n) is 4.51. The van der Waals surface area contributed by atoms with Gasteiger partial charge >= 0.3 is 5.97 Å². The Morgan fingerprint density at radius 2 is 1.33 bits per heavy atom. The second kappa shape index (κ2) is 2.88. The highest BCUT2D eigenvalue weighted by Crippen LogP contribution is 2.28. The van der Waals surface area contributed by atoms with Crippen LogP contribution in [-0.2, 0) is 9.59 Å². The summed E-state index contributed by atoms with van der Waals surface area (Å²) in [4.78, 5) is 22.2. The summed E-state index contributed by atoms with van der Waals surface area (Å²) < 4.78 is 0. The van der Waals surface area contributed by atoms with E-state index in [-0.39, 0.29) is 5.78 Å². The average Bonchev–Trinajstić information content (AvgIpc) is 1.83. The summed E-state index contributed by atoms with van der Waals surface area (Å²) in [6, 6.07) is 0. The van der Waals surface area contributed by atoms with Crippen LogP contribution in [0.3, 0.4) is 0 Å². The molecule has 0 aromatic carbocycles. The van der Waals surface area contributed by atoms with Gasteiger partial charge in [0.25, 0.3) is 0 Å². The zero-order chi connectivity index (χ0) is 10.2. The number of hydrogen-bond acceptors (Lipinski definition) is 2. The molecule has 0 fully saturated rings. The molecule has 0 saturated heterocycles. The largest absolute Gasteiger partial charge is 0.481 e. The van der Waals surface area contributed by atoms with Gasteiger partial charge in [0.05, 0.1) is 0 Å². The van der Waals surface area contributed by atoms with Gasteiger partial charge in [0.2, 0.25) is 0 Å². The van der Waals surface area contributed by atoms with Gasteiger partial charge < -0.3 is 5.11 Å². The van der Waals surface area contributed by atoms with Crippen LogP contribution in [-0.4, -0.2) is 16.9 Å². The van der Waals surface area contributed by atoms with E-state index in [0.717, 1.165) is 0 Å². The Labute approximate surface area is 72.8 Å². The van der Waals surface area contributed by atoms with Gasteiger partial charge in [0.15, 0.2) is 5.78 Å². The van der Waals surface area contributed by atoms with Gasteiger partial charge in [-0.15, -0.1) is 0 Å². The molecule has 0 unspecified atom stereocenters. The van der Waals surface area contributed by atoms with Crippen molar-refractivity contribution in [3.05, 3.63) is 0 Å². The molecule has 0 aliphatic rings. The van der Waals surface area contributed by atoms with Crippen molar-refractivity contribution in [2.75, 3.05) is 0 Å². The number of hydrogen-bond donors (Lipinski definition) is 1. The molecule has 70 valence electrons. The van der Waals surface area contributed by atoms with Gasteiger partial charge in [-0.05, 0) is 13.8 Å². The molecule has 0 aromatic rings. The van der Waals surface area contributed by atoms with Crippen LogP contribution in [0.5, 0.6) is 0 Å². The zero-order valence-electron chi connectivity index (χ0n) is 8.26. The van der Waals surface area contributed by atoms with Crippen LogP contribution in [0.1, 0.15) is 34.6 Å². The maximum Gasteiger partial charge on any atom is 0.316 e. The third kappa shape index (κ3) is 2.06. The van der Waals surface area contributed by atoms with Gasteiger partial charge in [-0.1, -0.05) is 20.8 Å². The minimum absolute atomic E-state index is 0.248. The van der Waals surface area contributed by atoms with Crippen molar-refractivity contribution in [2.24, 2.45) is 10.8 Å². The molecule has 0 aliphatic carbocycles. The molecule has 1 N–H and O–H groups in total. The topological polar surface area (TPSA) is 54.4 Å². The molecule has 0 rings (SSSR count). The van der Waals surface area contributed by atoms with Crippen molar-refractivity contribution in [2.45, 2.75) is 34.6 Å².